The number of para-hydroxylation sites is 1. The van der Waals surface area contributed by atoms with Gasteiger partial charge in [0.25, 0.3) is 5.91 Å². The van der Waals surface area contributed by atoms with Gasteiger partial charge in [-0.3, -0.25) is 4.79 Å². The molecule has 23 heavy (non-hydrogen) atoms. The first-order chi connectivity index (χ1) is 11.3. The molecule has 3 heterocycles. The lowest BCUT2D eigenvalue weighted by Crippen LogP contribution is -2.29. The van der Waals surface area contributed by atoms with Crippen LogP contribution in [0, 0.1) is 0 Å². The van der Waals surface area contributed by atoms with Gasteiger partial charge in [0.1, 0.15) is 6.10 Å². The molecular formula is C18H18N2O2S. The minimum atomic E-state index is 0.0167. The van der Waals surface area contributed by atoms with Gasteiger partial charge < -0.3 is 9.64 Å². The van der Waals surface area contributed by atoms with Crippen LogP contribution in [-0.4, -0.2) is 35.0 Å². The highest BCUT2D eigenvalue weighted by molar-refractivity contribution is 7.99. The lowest BCUT2D eigenvalue weighted by Gasteiger charge is -2.18. The Hall–Kier alpha value is -2.01. The molecule has 1 amide bonds. The van der Waals surface area contributed by atoms with Crippen LogP contribution in [0.1, 0.15) is 22.3 Å². The molecule has 0 N–H and O–H groups in total. The van der Waals surface area contributed by atoms with Crippen molar-refractivity contribution in [2.75, 3.05) is 23.0 Å². The van der Waals surface area contributed by atoms with Gasteiger partial charge >= 0.3 is 0 Å². The fraction of sp³-hybridized carbons (Fsp3) is 0.333. The monoisotopic (exact) mass is 326 g/mol. The van der Waals surface area contributed by atoms with E-state index < -0.39 is 0 Å². The Morgan fingerprint density at radius 3 is 3.09 bits per heavy atom. The van der Waals surface area contributed by atoms with Crippen molar-refractivity contribution in [2.24, 2.45) is 0 Å². The first-order valence-electron chi connectivity index (χ1n) is 7.91. The van der Waals surface area contributed by atoms with E-state index in [1.165, 1.54) is 5.56 Å². The van der Waals surface area contributed by atoms with Gasteiger partial charge in [-0.05, 0) is 36.3 Å². The summed E-state index contributed by atoms with van der Waals surface area (Å²) >= 11 is 1.90. The molecule has 1 unspecified atom stereocenters. The van der Waals surface area contributed by atoms with Crippen molar-refractivity contribution in [3.8, 4) is 5.88 Å². The number of fused-ring (bicyclic) bond motifs is 1. The average molecular weight is 326 g/mol. The van der Waals surface area contributed by atoms with Gasteiger partial charge in [-0.25, -0.2) is 4.98 Å². The predicted octanol–water partition coefficient (Wildman–Crippen LogP) is 3.17. The molecule has 0 aliphatic carbocycles. The zero-order valence-electron chi connectivity index (χ0n) is 12.8. The third-order valence-corrected chi connectivity index (χ3v) is 5.42. The minimum Gasteiger partial charge on any atom is -0.473 e. The normalized spacial score (nSPS) is 19.7. The second-order valence-corrected chi connectivity index (χ2v) is 6.97. The van der Waals surface area contributed by atoms with E-state index in [0.29, 0.717) is 11.4 Å². The Labute approximate surface area is 139 Å². The molecule has 0 bridgehead atoms. The number of pyridine rings is 1. The number of benzene rings is 1. The second kappa shape index (κ2) is 6.24. The molecule has 118 valence electrons. The summed E-state index contributed by atoms with van der Waals surface area (Å²) in [7, 11) is 0. The molecule has 2 aromatic rings. The van der Waals surface area contributed by atoms with Crippen LogP contribution in [0.3, 0.4) is 0 Å². The molecule has 0 saturated carbocycles. The summed E-state index contributed by atoms with van der Waals surface area (Å²) in [6.45, 7) is 0.732. The Bertz CT molecular complexity index is 728. The first-order valence-corrected chi connectivity index (χ1v) is 9.07. The lowest BCUT2D eigenvalue weighted by atomic mass is 10.2. The van der Waals surface area contributed by atoms with Crippen molar-refractivity contribution < 1.29 is 9.53 Å². The second-order valence-electron chi connectivity index (χ2n) is 5.82. The van der Waals surface area contributed by atoms with Crippen LogP contribution < -0.4 is 9.64 Å². The van der Waals surface area contributed by atoms with E-state index >= 15 is 0 Å². The van der Waals surface area contributed by atoms with Gasteiger partial charge in [-0.15, -0.1) is 0 Å². The summed E-state index contributed by atoms with van der Waals surface area (Å²) < 4.78 is 5.90. The summed E-state index contributed by atoms with van der Waals surface area (Å²) in [5.41, 5.74) is 2.88. The average Bonchev–Trinajstić information content (AvgIpc) is 3.24. The number of anilines is 1. The minimum absolute atomic E-state index is 0.0167. The number of nitrogens with zero attached hydrogens (tertiary/aromatic N) is 2. The van der Waals surface area contributed by atoms with Crippen LogP contribution in [0.4, 0.5) is 5.69 Å². The number of carbonyl (C=O) groups excluding carboxylic acids is 1. The number of amides is 1. The van der Waals surface area contributed by atoms with Crippen LogP contribution in [-0.2, 0) is 6.42 Å². The summed E-state index contributed by atoms with van der Waals surface area (Å²) in [6, 6.07) is 11.6. The van der Waals surface area contributed by atoms with Gasteiger partial charge in [0.05, 0.1) is 0 Å². The Kier molecular flexibility index (Phi) is 3.95. The van der Waals surface area contributed by atoms with E-state index in [2.05, 4.69) is 11.1 Å². The van der Waals surface area contributed by atoms with Crippen molar-refractivity contribution in [1.82, 2.24) is 4.98 Å². The molecule has 5 heteroatoms. The molecule has 0 spiro atoms. The Morgan fingerprint density at radius 1 is 1.30 bits per heavy atom. The highest BCUT2D eigenvalue weighted by Gasteiger charge is 2.26. The molecule has 1 aromatic heterocycles. The van der Waals surface area contributed by atoms with E-state index in [-0.39, 0.29) is 12.0 Å². The van der Waals surface area contributed by atoms with Crippen molar-refractivity contribution in [3.63, 3.8) is 0 Å². The lowest BCUT2D eigenvalue weighted by molar-refractivity contribution is 0.0988. The summed E-state index contributed by atoms with van der Waals surface area (Å²) in [6.07, 6.45) is 3.83. The van der Waals surface area contributed by atoms with Crippen molar-refractivity contribution in [2.45, 2.75) is 18.9 Å². The van der Waals surface area contributed by atoms with Crippen LogP contribution in [0.5, 0.6) is 5.88 Å². The van der Waals surface area contributed by atoms with Crippen LogP contribution in [0.25, 0.3) is 0 Å². The summed E-state index contributed by atoms with van der Waals surface area (Å²) in [5.74, 6) is 2.70. The fourth-order valence-electron chi connectivity index (χ4n) is 3.09. The number of aromatic nitrogens is 1. The van der Waals surface area contributed by atoms with Gasteiger partial charge in [0.15, 0.2) is 0 Å². The maximum Gasteiger partial charge on any atom is 0.258 e. The number of hydrogen-bond donors (Lipinski definition) is 0. The quantitative estimate of drug-likeness (QED) is 0.869. The number of rotatable bonds is 3. The standard InChI is InChI=1S/C18H18N2O2S/c21-18(20-9-6-13-3-1-2-4-16(13)20)14-5-8-19-17(11-14)22-15-7-10-23-12-15/h1-5,8,11,15H,6-7,9-10,12H2. The Balaban J connectivity index is 1.55. The molecule has 4 rings (SSSR count). The number of hydrogen-bond acceptors (Lipinski definition) is 4. The van der Waals surface area contributed by atoms with E-state index in [4.69, 9.17) is 4.74 Å². The van der Waals surface area contributed by atoms with Gasteiger partial charge in [-0.1, -0.05) is 18.2 Å². The van der Waals surface area contributed by atoms with Gasteiger partial charge in [0.2, 0.25) is 5.88 Å². The number of ether oxygens (including phenoxy) is 1. The maximum absolute atomic E-state index is 12.8. The van der Waals surface area contributed by atoms with E-state index in [1.54, 1.807) is 18.3 Å². The topological polar surface area (TPSA) is 42.4 Å². The fourth-order valence-corrected chi connectivity index (χ4v) is 4.18. The predicted molar refractivity (Wildman–Crippen MR) is 92.4 cm³/mol. The molecule has 1 saturated heterocycles. The summed E-state index contributed by atoms with van der Waals surface area (Å²) in [5, 5.41) is 0. The molecule has 1 aromatic carbocycles. The third-order valence-electron chi connectivity index (χ3n) is 4.29. The van der Waals surface area contributed by atoms with E-state index in [9.17, 15) is 4.79 Å². The number of thioether (sulfide) groups is 1. The van der Waals surface area contributed by atoms with E-state index in [0.717, 1.165) is 36.6 Å². The van der Waals surface area contributed by atoms with Crippen molar-refractivity contribution >= 4 is 23.4 Å². The van der Waals surface area contributed by atoms with E-state index in [1.807, 2.05) is 34.9 Å². The highest BCUT2D eigenvalue weighted by atomic mass is 32.2. The highest BCUT2D eigenvalue weighted by Crippen LogP contribution is 2.29. The molecular weight excluding hydrogens is 308 g/mol. The van der Waals surface area contributed by atoms with Crippen LogP contribution in [0.2, 0.25) is 0 Å². The van der Waals surface area contributed by atoms with Crippen LogP contribution >= 0.6 is 11.8 Å². The Morgan fingerprint density at radius 2 is 2.22 bits per heavy atom. The molecule has 2 aliphatic heterocycles. The van der Waals surface area contributed by atoms with Crippen molar-refractivity contribution in [3.05, 3.63) is 53.7 Å². The molecule has 1 fully saturated rings. The number of carbonyl (C=O) groups is 1. The SMILES string of the molecule is O=C(c1ccnc(OC2CCSC2)c1)N1CCc2ccccc21. The first kappa shape index (κ1) is 14.6. The van der Waals surface area contributed by atoms with Crippen LogP contribution in [0.15, 0.2) is 42.6 Å². The zero-order valence-corrected chi connectivity index (χ0v) is 13.6. The molecule has 1 atom stereocenters. The van der Waals surface area contributed by atoms with Crippen molar-refractivity contribution in [1.29, 1.82) is 0 Å². The molecule has 2 aliphatic rings. The largest absolute Gasteiger partial charge is 0.473 e. The zero-order chi connectivity index (χ0) is 15.6. The molecule has 0 radical (unpaired) electrons. The third kappa shape index (κ3) is 2.93. The van der Waals surface area contributed by atoms with Gasteiger partial charge in [-0.2, -0.15) is 11.8 Å². The maximum atomic E-state index is 12.8. The molecule has 4 nitrogen and oxygen atoms in total. The van der Waals surface area contributed by atoms with Gasteiger partial charge in [0, 0.05) is 35.8 Å². The summed E-state index contributed by atoms with van der Waals surface area (Å²) in [4.78, 5) is 18.9. The smallest absolute Gasteiger partial charge is 0.258 e.